The van der Waals surface area contributed by atoms with Crippen molar-refractivity contribution < 1.29 is 26.4 Å². The largest absolute Gasteiger partial charge is 0.416 e. The lowest BCUT2D eigenvalue weighted by Crippen LogP contribution is -2.48. The highest BCUT2D eigenvalue weighted by Gasteiger charge is 2.45. The summed E-state index contributed by atoms with van der Waals surface area (Å²) in [5.74, 6) is 0.438. The van der Waals surface area contributed by atoms with Gasteiger partial charge in [-0.15, -0.1) is 0 Å². The number of piperidine rings is 1. The van der Waals surface area contributed by atoms with Gasteiger partial charge in [0.25, 0.3) is 5.91 Å². The lowest BCUT2D eigenvalue weighted by Gasteiger charge is -2.40. The Morgan fingerprint density at radius 2 is 1.82 bits per heavy atom. The Hall–Kier alpha value is -2.75. The molecule has 1 fully saturated rings. The van der Waals surface area contributed by atoms with Crippen molar-refractivity contribution in [2.75, 3.05) is 19.6 Å². The third kappa shape index (κ3) is 4.12. The monoisotopic (exact) mass is 495 g/mol. The van der Waals surface area contributed by atoms with Crippen LogP contribution in [0.15, 0.2) is 64.6 Å². The Labute approximate surface area is 197 Å². The maximum Gasteiger partial charge on any atom is 0.416 e. The van der Waals surface area contributed by atoms with E-state index in [9.17, 15) is 26.4 Å². The minimum Gasteiger partial charge on any atom is -0.343 e. The molecule has 4 rings (SSSR count). The van der Waals surface area contributed by atoms with Gasteiger partial charge in [0.1, 0.15) is 11.5 Å². The molecule has 3 heterocycles. The predicted octanol–water partition coefficient (Wildman–Crippen LogP) is 4.04. The van der Waals surface area contributed by atoms with Gasteiger partial charge in [-0.25, -0.2) is 8.42 Å². The van der Waals surface area contributed by atoms with E-state index in [0.29, 0.717) is 44.2 Å². The summed E-state index contributed by atoms with van der Waals surface area (Å²) < 4.78 is 64.9. The summed E-state index contributed by atoms with van der Waals surface area (Å²) in [4.78, 5) is 16.6. The van der Waals surface area contributed by atoms with Crippen LogP contribution in [0.5, 0.6) is 0 Å². The zero-order chi connectivity index (χ0) is 24.9. The maximum absolute atomic E-state index is 13.4. The lowest BCUT2D eigenvalue weighted by atomic mass is 9.85. The number of benzene rings is 1. The molecule has 0 radical (unpaired) electrons. The number of hydrogen-bond donors (Lipinski definition) is 1. The minimum atomic E-state index is -4.62. The summed E-state index contributed by atoms with van der Waals surface area (Å²) in [6.07, 6.45) is 2.06. The fourth-order valence-corrected chi connectivity index (χ4v) is 6.68. The van der Waals surface area contributed by atoms with E-state index in [0.717, 1.165) is 23.7 Å². The molecule has 0 spiro atoms. The molecule has 1 aromatic rings. The molecule has 34 heavy (non-hydrogen) atoms. The first-order valence-corrected chi connectivity index (χ1v) is 12.7. The second kappa shape index (κ2) is 8.48. The van der Waals surface area contributed by atoms with Gasteiger partial charge in [-0.05, 0) is 63.8 Å². The number of carbonyl (C=O) groups is 1. The first kappa shape index (κ1) is 24.4. The molecule has 0 aliphatic carbocycles. The van der Waals surface area contributed by atoms with Crippen molar-refractivity contribution in [3.8, 4) is 0 Å². The first-order chi connectivity index (χ1) is 15.8. The number of halogens is 3. The standard InChI is InChI=1S/C24H28F3N3O3S/c1-16-21(30-12-5-4-9-20(30)28-16)22(31)29-13-10-17(11-14-29)23(2,3)34(32,33)19-8-6-7-18(15-19)24(25,26)27/h4-9,15,17,28H,10-14H2,1-3H3. The number of rotatable bonds is 4. The van der Waals surface area contributed by atoms with E-state index < -0.39 is 26.3 Å². The molecule has 10 heteroatoms. The van der Waals surface area contributed by atoms with Crippen LogP contribution in [0.3, 0.4) is 0 Å². The van der Waals surface area contributed by atoms with E-state index in [4.69, 9.17) is 0 Å². The quantitative estimate of drug-likeness (QED) is 0.683. The number of alkyl halides is 3. The number of amides is 1. The SMILES string of the molecule is CC1=C(C(=O)N2CCC(C(C)(C)S(=O)(=O)c3cccc(C(F)(F)F)c3)CC2)N2CC=CC=C2N1. The zero-order valence-electron chi connectivity index (χ0n) is 19.3. The van der Waals surface area contributed by atoms with Crippen LogP contribution in [-0.2, 0) is 20.8 Å². The number of nitrogens with zero attached hydrogens (tertiary/aromatic N) is 2. The highest BCUT2D eigenvalue weighted by atomic mass is 32.2. The number of likely N-dealkylation sites (tertiary alicyclic amines) is 1. The van der Waals surface area contributed by atoms with Gasteiger partial charge in [0.05, 0.1) is 15.2 Å². The van der Waals surface area contributed by atoms with Gasteiger partial charge in [0.2, 0.25) is 0 Å². The summed E-state index contributed by atoms with van der Waals surface area (Å²) >= 11 is 0. The Balaban J connectivity index is 1.48. The highest BCUT2D eigenvalue weighted by molar-refractivity contribution is 7.92. The van der Waals surface area contributed by atoms with Crippen LogP contribution in [0.25, 0.3) is 0 Å². The van der Waals surface area contributed by atoms with Crippen molar-refractivity contribution in [2.24, 2.45) is 5.92 Å². The molecule has 1 saturated heterocycles. The van der Waals surface area contributed by atoms with Crippen molar-refractivity contribution in [2.45, 2.75) is 49.4 Å². The molecule has 0 unspecified atom stereocenters. The number of hydrogen-bond acceptors (Lipinski definition) is 5. The van der Waals surface area contributed by atoms with Gasteiger partial charge in [0.15, 0.2) is 9.84 Å². The average molecular weight is 496 g/mol. The molecular weight excluding hydrogens is 467 g/mol. The number of fused-ring (bicyclic) bond motifs is 1. The molecule has 0 aromatic heterocycles. The van der Waals surface area contributed by atoms with Gasteiger partial charge in [0, 0.05) is 25.3 Å². The van der Waals surface area contributed by atoms with Crippen molar-refractivity contribution in [3.05, 3.63) is 65.3 Å². The third-order valence-corrected chi connectivity index (χ3v) is 9.63. The van der Waals surface area contributed by atoms with E-state index in [2.05, 4.69) is 5.32 Å². The maximum atomic E-state index is 13.4. The number of allylic oxidation sites excluding steroid dienone is 3. The minimum absolute atomic E-state index is 0.110. The van der Waals surface area contributed by atoms with Crippen LogP contribution < -0.4 is 5.32 Å². The number of sulfone groups is 1. The van der Waals surface area contributed by atoms with E-state index in [1.54, 1.807) is 18.7 Å². The summed E-state index contributed by atoms with van der Waals surface area (Å²) in [6, 6.07) is 3.91. The van der Waals surface area contributed by atoms with Gasteiger partial charge < -0.3 is 15.1 Å². The Kier molecular flexibility index (Phi) is 6.08. The van der Waals surface area contributed by atoms with Gasteiger partial charge in [-0.3, -0.25) is 4.79 Å². The summed E-state index contributed by atoms with van der Waals surface area (Å²) in [5.41, 5.74) is 0.374. The second-order valence-electron chi connectivity index (χ2n) is 9.39. The predicted molar refractivity (Wildman–Crippen MR) is 122 cm³/mol. The van der Waals surface area contributed by atoms with Crippen LogP contribution in [0, 0.1) is 5.92 Å². The summed E-state index contributed by atoms with van der Waals surface area (Å²) in [5, 5.41) is 3.22. The van der Waals surface area contributed by atoms with E-state index in [-0.39, 0.29) is 16.7 Å². The number of nitrogens with one attached hydrogen (secondary N) is 1. The molecule has 3 aliphatic heterocycles. The molecule has 1 amide bonds. The van der Waals surface area contributed by atoms with Gasteiger partial charge in [-0.1, -0.05) is 18.2 Å². The second-order valence-corrected chi connectivity index (χ2v) is 11.9. The average Bonchev–Trinajstić information content (AvgIpc) is 3.13. The molecule has 3 aliphatic rings. The first-order valence-electron chi connectivity index (χ1n) is 11.2. The van der Waals surface area contributed by atoms with Crippen molar-refractivity contribution in [3.63, 3.8) is 0 Å². The van der Waals surface area contributed by atoms with Crippen LogP contribution in [0.1, 0.15) is 39.2 Å². The van der Waals surface area contributed by atoms with Crippen molar-refractivity contribution >= 4 is 15.7 Å². The highest BCUT2D eigenvalue weighted by Crippen LogP contribution is 2.40. The molecular formula is C24H28F3N3O3S. The molecule has 0 saturated carbocycles. The summed E-state index contributed by atoms with van der Waals surface area (Å²) in [7, 11) is -4.04. The zero-order valence-corrected chi connectivity index (χ0v) is 20.1. The van der Waals surface area contributed by atoms with E-state index in [1.165, 1.54) is 6.07 Å². The van der Waals surface area contributed by atoms with Crippen LogP contribution in [-0.4, -0.2) is 48.5 Å². The normalized spacial score (nSPS) is 19.8. The third-order valence-electron chi connectivity index (χ3n) is 7.04. The topological polar surface area (TPSA) is 69.7 Å². The fraction of sp³-hybridized carbons (Fsp3) is 0.458. The van der Waals surface area contributed by atoms with Gasteiger partial charge >= 0.3 is 6.18 Å². The molecule has 6 nitrogen and oxygen atoms in total. The van der Waals surface area contributed by atoms with E-state index >= 15 is 0 Å². The lowest BCUT2D eigenvalue weighted by molar-refractivity contribution is -0.137. The van der Waals surface area contributed by atoms with Crippen LogP contribution in [0.4, 0.5) is 13.2 Å². The van der Waals surface area contributed by atoms with Crippen molar-refractivity contribution in [1.82, 2.24) is 15.1 Å². The molecule has 1 N–H and O–H groups in total. The molecule has 1 aromatic carbocycles. The number of carbonyl (C=O) groups excluding carboxylic acids is 1. The van der Waals surface area contributed by atoms with Crippen LogP contribution in [0.2, 0.25) is 0 Å². The smallest absolute Gasteiger partial charge is 0.343 e. The fourth-order valence-electron chi connectivity index (χ4n) is 4.85. The van der Waals surface area contributed by atoms with Crippen molar-refractivity contribution in [1.29, 1.82) is 0 Å². The Bertz CT molecular complexity index is 1190. The van der Waals surface area contributed by atoms with Gasteiger partial charge in [-0.2, -0.15) is 13.2 Å². The Morgan fingerprint density at radius 3 is 2.47 bits per heavy atom. The van der Waals surface area contributed by atoms with E-state index in [1.807, 2.05) is 30.1 Å². The Morgan fingerprint density at radius 1 is 1.15 bits per heavy atom. The molecule has 184 valence electrons. The summed E-state index contributed by atoms with van der Waals surface area (Å²) in [6.45, 7) is 6.33. The molecule has 0 bridgehead atoms. The van der Waals surface area contributed by atoms with Crippen LogP contribution >= 0.6 is 0 Å². The molecule has 0 atom stereocenters.